The Kier molecular flexibility index (Phi) is 3.65. The van der Waals surface area contributed by atoms with E-state index in [1.165, 1.54) is 12.1 Å². The number of aryl methyl sites for hydroxylation is 1. The lowest BCUT2D eigenvalue weighted by atomic mass is 10.1. The minimum atomic E-state index is -1.01. The number of aromatic nitrogens is 2. The van der Waals surface area contributed by atoms with Gasteiger partial charge in [0.25, 0.3) is 0 Å². The van der Waals surface area contributed by atoms with Crippen molar-refractivity contribution in [2.75, 3.05) is 0 Å². The minimum Gasteiger partial charge on any atom is -0.478 e. The van der Waals surface area contributed by atoms with Gasteiger partial charge in [-0.2, -0.15) is 0 Å². The lowest BCUT2D eigenvalue weighted by Gasteiger charge is -2.00. The van der Waals surface area contributed by atoms with Crippen molar-refractivity contribution in [3.63, 3.8) is 0 Å². The van der Waals surface area contributed by atoms with E-state index in [9.17, 15) is 4.79 Å². The Hall–Kier alpha value is -2.66. The summed E-state index contributed by atoms with van der Waals surface area (Å²) in [5.74, 6) is -0.417. The van der Waals surface area contributed by atoms with Crippen LogP contribution < -0.4 is 0 Å². The zero-order valence-electron chi connectivity index (χ0n) is 11.6. The summed E-state index contributed by atoms with van der Waals surface area (Å²) in [6.45, 7) is 1.91. The average Bonchev–Trinajstić information content (AvgIpc) is 3.00. The first-order chi connectivity index (χ1) is 10.5. The number of hydrogen-bond donors (Lipinski definition) is 1. The topological polar surface area (TPSA) is 76.2 Å². The van der Waals surface area contributed by atoms with E-state index >= 15 is 0 Å². The van der Waals surface area contributed by atoms with E-state index in [0.29, 0.717) is 22.0 Å². The van der Waals surface area contributed by atoms with Gasteiger partial charge in [-0.25, -0.2) is 4.79 Å². The molecule has 0 amide bonds. The van der Waals surface area contributed by atoms with E-state index in [1.54, 1.807) is 18.2 Å². The molecule has 0 atom stereocenters. The highest BCUT2D eigenvalue weighted by atomic mass is 35.5. The Balaban J connectivity index is 1.98. The first kappa shape index (κ1) is 14.3. The van der Waals surface area contributed by atoms with Gasteiger partial charge < -0.3 is 9.52 Å². The van der Waals surface area contributed by atoms with Crippen molar-refractivity contribution in [3.8, 4) is 22.9 Å². The molecule has 5 nitrogen and oxygen atoms in total. The van der Waals surface area contributed by atoms with Crippen LogP contribution in [0.1, 0.15) is 15.9 Å². The molecule has 22 heavy (non-hydrogen) atoms. The number of benzene rings is 2. The molecule has 0 spiro atoms. The van der Waals surface area contributed by atoms with Crippen LogP contribution in [0.15, 0.2) is 46.9 Å². The second-order valence-corrected chi connectivity index (χ2v) is 5.17. The van der Waals surface area contributed by atoms with Crippen LogP contribution in [0, 0.1) is 6.92 Å². The molecule has 2 aromatic carbocycles. The summed E-state index contributed by atoms with van der Waals surface area (Å²) in [6.07, 6.45) is 0. The minimum absolute atomic E-state index is 0.163. The molecule has 0 aliphatic rings. The molecule has 0 saturated carbocycles. The first-order valence-electron chi connectivity index (χ1n) is 6.48. The van der Waals surface area contributed by atoms with Crippen molar-refractivity contribution in [3.05, 3.63) is 58.6 Å². The van der Waals surface area contributed by atoms with E-state index in [1.807, 2.05) is 19.1 Å². The second kappa shape index (κ2) is 5.61. The highest BCUT2D eigenvalue weighted by Crippen LogP contribution is 2.27. The lowest BCUT2D eigenvalue weighted by molar-refractivity contribution is 0.0697. The van der Waals surface area contributed by atoms with Crippen LogP contribution in [0.3, 0.4) is 0 Å². The summed E-state index contributed by atoms with van der Waals surface area (Å²) in [5, 5.41) is 17.6. The quantitative estimate of drug-likeness (QED) is 0.788. The molecule has 1 N–H and O–H groups in total. The van der Waals surface area contributed by atoms with Gasteiger partial charge in [-0.05, 0) is 42.8 Å². The monoisotopic (exact) mass is 314 g/mol. The van der Waals surface area contributed by atoms with Crippen molar-refractivity contribution in [2.45, 2.75) is 6.92 Å². The van der Waals surface area contributed by atoms with E-state index in [-0.39, 0.29) is 11.5 Å². The molecule has 110 valence electrons. The van der Waals surface area contributed by atoms with Crippen LogP contribution in [0.2, 0.25) is 5.02 Å². The van der Waals surface area contributed by atoms with Gasteiger partial charge in [0.05, 0.1) is 5.56 Å². The molecular formula is C16H11ClN2O3. The predicted molar refractivity (Wildman–Crippen MR) is 81.9 cm³/mol. The molecule has 1 heterocycles. The van der Waals surface area contributed by atoms with Gasteiger partial charge >= 0.3 is 5.97 Å². The number of rotatable bonds is 3. The van der Waals surface area contributed by atoms with Gasteiger partial charge in [0.15, 0.2) is 0 Å². The standard InChI is InChI=1S/C16H11ClN2O3/c1-9-5-6-11(8-13(9)17)15-19-18-14(22-15)10-3-2-4-12(7-10)16(20)21/h2-8H,1H3,(H,20,21). The normalized spacial score (nSPS) is 10.6. The number of halogens is 1. The molecule has 0 saturated heterocycles. The van der Waals surface area contributed by atoms with Gasteiger partial charge in [0, 0.05) is 16.1 Å². The van der Waals surface area contributed by atoms with Crippen molar-refractivity contribution in [1.29, 1.82) is 0 Å². The maximum absolute atomic E-state index is 11.0. The van der Waals surface area contributed by atoms with Crippen molar-refractivity contribution in [2.24, 2.45) is 0 Å². The number of carbonyl (C=O) groups is 1. The van der Waals surface area contributed by atoms with Gasteiger partial charge in [-0.1, -0.05) is 23.7 Å². The van der Waals surface area contributed by atoms with Crippen LogP contribution in [-0.2, 0) is 0 Å². The van der Waals surface area contributed by atoms with E-state index in [4.69, 9.17) is 21.1 Å². The molecule has 0 fully saturated rings. The molecule has 6 heteroatoms. The summed E-state index contributed by atoms with van der Waals surface area (Å²) < 4.78 is 5.61. The largest absolute Gasteiger partial charge is 0.478 e. The number of aromatic carboxylic acids is 1. The van der Waals surface area contributed by atoms with E-state index < -0.39 is 5.97 Å². The summed E-state index contributed by atoms with van der Waals surface area (Å²) in [5.41, 5.74) is 2.38. The Morgan fingerprint density at radius 1 is 1.09 bits per heavy atom. The van der Waals surface area contributed by atoms with Gasteiger partial charge in [-0.15, -0.1) is 10.2 Å². The number of nitrogens with zero attached hydrogens (tertiary/aromatic N) is 2. The van der Waals surface area contributed by atoms with Crippen LogP contribution in [0.4, 0.5) is 0 Å². The first-order valence-corrected chi connectivity index (χ1v) is 6.86. The van der Waals surface area contributed by atoms with Crippen LogP contribution in [0.25, 0.3) is 22.9 Å². The molecule has 0 radical (unpaired) electrons. The number of carboxylic acids is 1. The van der Waals surface area contributed by atoms with Gasteiger partial charge in [-0.3, -0.25) is 0 Å². The summed E-state index contributed by atoms with van der Waals surface area (Å²) >= 11 is 6.09. The maximum Gasteiger partial charge on any atom is 0.335 e. The number of hydrogen-bond acceptors (Lipinski definition) is 4. The third-order valence-electron chi connectivity index (χ3n) is 3.20. The third kappa shape index (κ3) is 2.71. The Morgan fingerprint density at radius 2 is 1.77 bits per heavy atom. The highest BCUT2D eigenvalue weighted by molar-refractivity contribution is 6.31. The Morgan fingerprint density at radius 3 is 2.41 bits per heavy atom. The molecule has 1 aromatic heterocycles. The van der Waals surface area contributed by atoms with Crippen LogP contribution in [-0.4, -0.2) is 21.3 Å². The fraction of sp³-hybridized carbons (Fsp3) is 0.0625. The van der Waals surface area contributed by atoms with E-state index in [0.717, 1.165) is 5.56 Å². The average molecular weight is 315 g/mol. The molecule has 0 unspecified atom stereocenters. The molecule has 0 bridgehead atoms. The number of carboxylic acid groups (broad SMARTS) is 1. The summed E-state index contributed by atoms with van der Waals surface area (Å²) in [7, 11) is 0. The Bertz CT molecular complexity index is 858. The van der Waals surface area contributed by atoms with Crippen LogP contribution >= 0.6 is 11.6 Å². The lowest BCUT2D eigenvalue weighted by Crippen LogP contribution is -1.95. The predicted octanol–water partition coefficient (Wildman–Crippen LogP) is 4.06. The Labute approximate surface area is 131 Å². The highest BCUT2D eigenvalue weighted by Gasteiger charge is 2.13. The second-order valence-electron chi connectivity index (χ2n) is 4.76. The zero-order chi connectivity index (χ0) is 15.7. The zero-order valence-corrected chi connectivity index (χ0v) is 12.3. The fourth-order valence-electron chi connectivity index (χ4n) is 1.97. The molecule has 3 rings (SSSR count). The SMILES string of the molecule is Cc1ccc(-c2nnc(-c3cccc(C(=O)O)c3)o2)cc1Cl. The van der Waals surface area contributed by atoms with Gasteiger partial charge in [0.2, 0.25) is 11.8 Å². The van der Waals surface area contributed by atoms with Crippen LogP contribution in [0.5, 0.6) is 0 Å². The molecule has 0 aliphatic carbocycles. The summed E-state index contributed by atoms with van der Waals surface area (Å²) in [4.78, 5) is 11.0. The smallest absolute Gasteiger partial charge is 0.335 e. The molecular weight excluding hydrogens is 304 g/mol. The van der Waals surface area contributed by atoms with E-state index in [2.05, 4.69) is 10.2 Å². The fourth-order valence-corrected chi connectivity index (χ4v) is 2.15. The molecule has 3 aromatic rings. The van der Waals surface area contributed by atoms with Crippen molar-refractivity contribution >= 4 is 17.6 Å². The summed E-state index contributed by atoms with van der Waals surface area (Å²) in [6, 6.07) is 11.8. The van der Waals surface area contributed by atoms with Gasteiger partial charge in [0.1, 0.15) is 0 Å². The molecule has 0 aliphatic heterocycles. The third-order valence-corrected chi connectivity index (χ3v) is 3.61. The van der Waals surface area contributed by atoms with Crippen molar-refractivity contribution in [1.82, 2.24) is 10.2 Å². The maximum atomic E-state index is 11.0. The van der Waals surface area contributed by atoms with Crippen molar-refractivity contribution < 1.29 is 14.3 Å².